The zero-order valence-electron chi connectivity index (χ0n) is 11.0. The molecular weight excluding hydrogens is 388 g/mol. The highest BCUT2D eigenvalue weighted by molar-refractivity contribution is 9.11. The number of hydrogen-bond acceptors (Lipinski definition) is 4. The van der Waals surface area contributed by atoms with Crippen molar-refractivity contribution in [3.8, 4) is 11.5 Å². The molecule has 0 atom stereocenters. The second-order valence-corrected chi connectivity index (χ2v) is 5.81. The minimum absolute atomic E-state index is 0.578. The molecule has 0 saturated heterocycles. The zero-order valence-corrected chi connectivity index (χ0v) is 14.2. The van der Waals surface area contributed by atoms with E-state index < -0.39 is 0 Å². The Morgan fingerprint density at radius 3 is 2.25 bits per heavy atom. The van der Waals surface area contributed by atoms with Crippen LogP contribution in [0.25, 0.3) is 0 Å². The maximum Gasteiger partial charge on any atom is 0.162 e. The highest BCUT2D eigenvalue weighted by atomic mass is 79.9. The van der Waals surface area contributed by atoms with E-state index in [-0.39, 0.29) is 0 Å². The SMILES string of the molecule is COc1cc(N)c(Nc2cc(Br)ccc2Br)cc1OC. The van der Waals surface area contributed by atoms with Gasteiger partial charge in [0.25, 0.3) is 0 Å². The van der Waals surface area contributed by atoms with Crippen LogP contribution in [0.4, 0.5) is 17.1 Å². The number of benzene rings is 2. The molecule has 0 aromatic heterocycles. The molecule has 0 aliphatic heterocycles. The third kappa shape index (κ3) is 3.19. The molecule has 0 radical (unpaired) electrons. The van der Waals surface area contributed by atoms with Crippen molar-refractivity contribution in [1.82, 2.24) is 0 Å². The molecule has 3 N–H and O–H groups in total. The highest BCUT2D eigenvalue weighted by Crippen LogP contribution is 2.37. The highest BCUT2D eigenvalue weighted by Gasteiger charge is 2.10. The van der Waals surface area contributed by atoms with Crippen molar-refractivity contribution in [2.24, 2.45) is 0 Å². The molecule has 0 unspecified atom stereocenters. The van der Waals surface area contributed by atoms with Gasteiger partial charge in [0.15, 0.2) is 11.5 Å². The Labute approximate surface area is 134 Å². The maximum atomic E-state index is 6.03. The van der Waals surface area contributed by atoms with Crippen molar-refractivity contribution in [3.05, 3.63) is 39.3 Å². The van der Waals surface area contributed by atoms with Crippen LogP contribution in [0, 0.1) is 0 Å². The van der Waals surface area contributed by atoms with Crippen LogP contribution in [0.2, 0.25) is 0 Å². The standard InChI is InChI=1S/C14H14Br2N2O2/c1-19-13-6-10(17)12(7-14(13)20-2)18-11-5-8(15)3-4-9(11)16/h3-7,18H,17H2,1-2H3. The van der Waals surface area contributed by atoms with Crippen molar-refractivity contribution in [1.29, 1.82) is 0 Å². The first-order chi connectivity index (χ1) is 9.55. The fourth-order valence-corrected chi connectivity index (χ4v) is 2.45. The van der Waals surface area contributed by atoms with E-state index >= 15 is 0 Å². The molecule has 0 spiro atoms. The van der Waals surface area contributed by atoms with Crippen LogP contribution in [-0.2, 0) is 0 Å². The third-order valence-electron chi connectivity index (χ3n) is 2.75. The van der Waals surface area contributed by atoms with Crippen molar-refractivity contribution in [2.75, 3.05) is 25.3 Å². The Hall–Kier alpha value is -1.40. The van der Waals surface area contributed by atoms with Gasteiger partial charge in [-0.25, -0.2) is 0 Å². The van der Waals surface area contributed by atoms with Gasteiger partial charge >= 0.3 is 0 Å². The van der Waals surface area contributed by atoms with E-state index in [9.17, 15) is 0 Å². The van der Waals surface area contributed by atoms with Crippen LogP contribution in [0.5, 0.6) is 11.5 Å². The van der Waals surface area contributed by atoms with E-state index in [1.807, 2.05) is 24.3 Å². The number of methoxy groups -OCH3 is 2. The van der Waals surface area contributed by atoms with Crippen molar-refractivity contribution >= 4 is 48.9 Å². The topological polar surface area (TPSA) is 56.5 Å². The average molecular weight is 402 g/mol. The Balaban J connectivity index is 2.40. The van der Waals surface area contributed by atoms with Crippen LogP contribution < -0.4 is 20.5 Å². The van der Waals surface area contributed by atoms with Gasteiger partial charge in [0.05, 0.1) is 31.3 Å². The minimum atomic E-state index is 0.578. The monoisotopic (exact) mass is 400 g/mol. The average Bonchev–Trinajstić information content (AvgIpc) is 2.44. The van der Waals surface area contributed by atoms with Crippen LogP contribution in [0.1, 0.15) is 0 Å². The molecule has 0 bridgehead atoms. The van der Waals surface area contributed by atoms with E-state index in [1.165, 1.54) is 0 Å². The summed E-state index contributed by atoms with van der Waals surface area (Å²) in [5.74, 6) is 1.22. The van der Waals surface area contributed by atoms with Gasteiger partial charge in [0.1, 0.15) is 0 Å². The second-order valence-electron chi connectivity index (χ2n) is 4.04. The molecule has 106 valence electrons. The largest absolute Gasteiger partial charge is 0.493 e. The molecule has 0 heterocycles. The Morgan fingerprint density at radius 2 is 1.60 bits per heavy atom. The quantitative estimate of drug-likeness (QED) is 0.737. The number of halogens is 2. The molecule has 0 aliphatic rings. The van der Waals surface area contributed by atoms with Gasteiger partial charge in [-0.15, -0.1) is 0 Å². The van der Waals surface area contributed by atoms with Gasteiger partial charge in [-0.2, -0.15) is 0 Å². The summed E-state index contributed by atoms with van der Waals surface area (Å²) < 4.78 is 12.4. The Kier molecular flexibility index (Phi) is 4.77. The van der Waals surface area contributed by atoms with Gasteiger partial charge in [0.2, 0.25) is 0 Å². The van der Waals surface area contributed by atoms with E-state index in [0.29, 0.717) is 17.2 Å². The summed E-state index contributed by atoms with van der Waals surface area (Å²) in [5, 5.41) is 3.27. The normalized spacial score (nSPS) is 10.2. The lowest BCUT2D eigenvalue weighted by atomic mass is 10.2. The number of nitrogen functional groups attached to an aromatic ring is 1. The minimum Gasteiger partial charge on any atom is -0.493 e. The summed E-state index contributed by atoms with van der Waals surface area (Å²) in [6.45, 7) is 0. The van der Waals surface area contributed by atoms with Gasteiger partial charge in [-0.05, 0) is 34.1 Å². The number of ether oxygens (including phenoxy) is 2. The van der Waals surface area contributed by atoms with Crippen molar-refractivity contribution in [2.45, 2.75) is 0 Å². The van der Waals surface area contributed by atoms with Crippen LogP contribution in [0.15, 0.2) is 39.3 Å². The summed E-state index contributed by atoms with van der Waals surface area (Å²) in [6, 6.07) is 9.39. The van der Waals surface area contributed by atoms with Gasteiger partial charge in [-0.1, -0.05) is 15.9 Å². The lowest BCUT2D eigenvalue weighted by Gasteiger charge is -2.15. The molecule has 0 saturated carbocycles. The van der Waals surface area contributed by atoms with Gasteiger partial charge < -0.3 is 20.5 Å². The Morgan fingerprint density at radius 1 is 0.950 bits per heavy atom. The maximum absolute atomic E-state index is 6.03. The van der Waals surface area contributed by atoms with Gasteiger partial charge in [-0.3, -0.25) is 0 Å². The summed E-state index contributed by atoms with van der Waals surface area (Å²) in [4.78, 5) is 0. The molecule has 4 nitrogen and oxygen atoms in total. The molecule has 2 aromatic rings. The molecule has 0 aliphatic carbocycles. The van der Waals surface area contributed by atoms with E-state index in [4.69, 9.17) is 15.2 Å². The predicted molar refractivity (Wildman–Crippen MR) is 89.1 cm³/mol. The first kappa shape index (κ1) is 15.0. The summed E-state index contributed by atoms with van der Waals surface area (Å²) in [7, 11) is 3.17. The summed E-state index contributed by atoms with van der Waals surface area (Å²) >= 11 is 6.94. The van der Waals surface area contributed by atoms with Gasteiger partial charge in [0, 0.05) is 21.1 Å². The van der Waals surface area contributed by atoms with Crippen LogP contribution in [0.3, 0.4) is 0 Å². The molecule has 2 aromatic carbocycles. The molecule has 6 heteroatoms. The van der Waals surface area contributed by atoms with Crippen LogP contribution in [-0.4, -0.2) is 14.2 Å². The first-order valence-electron chi connectivity index (χ1n) is 5.78. The van der Waals surface area contributed by atoms with E-state index in [1.54, 1.807) is 20.3 Å². The lowest BCUT2D eigenvalue weighted by Crippen LogP contribution is -2.00. The Bertz CT molecular complexity index is 633. The second kappa shape index (κ2) is 6.37. The van der Waals surface area contributed by atoms with E-state index in [0.717, 1.165) is 20.3 Å². The molecular formula is C14H14Br2N2O2. The molecule has 0 fully saturated rings. The smallest absolute Gasteiger partial charge is 0.162 e. The molecule has 0 amide bonds. The number of rotatable bonds is 4. The summed E-state index contributed by atoms with van der Waals surface area (Å²) in [6.07, 6.45) is 0. The molecule has 2 rings (SSSR count). The fraction of sp³-hybridized carbons (Fsp3) is 0.143. The third-order valence-corrected chi connectivity index (χ3v) is 3.94. The number of nitrogens with two attached hydrogens (primary N) is 1. The van der Waals surface area contributed by atoms with Crippen LogP contribution >= 0.6 is 31.9 Å². The van der Waals surface area contributed by atoms with Crippen molar-refractivity contribution in [3.63, 3.8) is 0 Å². The number of anilines is 3. The fourth-order valence-electron chi connectivity index (χ4n) is 1.74. The number of hydrogen-bond donors (Lipinski definition) is 2. The predicted octanol–water partition coefficient (Wildman–Crippen LogP) is 4.55. The summed E-state index contributed by atoms with van der Waals surface area (Å²) in [5.41, 5.74) is 8.26. The zero-order chi connectivity index (χ0) is 14.7. The van der Waals surface area contributed by atoms with Crippen molar-refractivity contribution < 1.29 is 9.47 Å². The molecule has 20 heavy (non-hydrogen) atoms. The van der Waals surface area contributed by atoms with E-state index in [2.05, 4.69) is 37.2 Å². The number of nitrogens with one attached hydrogen (secondary N) is 1. The lowest BCUT2D eigenvalue weighted by molar-refractivity contribution is 0.355. The first-order valence-corrected chi connectivity index (χ1v) is 7.37.